The summed E-state index contributed by atoms with van der Waals surface area (Å²) in [6, 6.07) is 3.10. The minimum Gasteiger partial charge on any atom is -0.479 e. The summed E-state index contributed by atoms with van der Waals surface area (Å²) in [5.41, 5.74) is 0.781. The van der Waals surface area contributed by atoms with Crippen LogP contribution in [0.5, 0.6) is 11.8 Å². The highest BCUT2D eigenvalue weighted by molar-refractivity contribution is 5.94. The third kappa shape index (κ3) is 5.14. The van der Waals surface area contributed by atoms with Gasteiger partial charge in [-0.15, -0.1) is 0 Å². The molecule has 1 aliphatic carbocycles. The highest BCUT2D eigenvalue weighted by Gasteiger charge is 2.30. The van der Waals surface area contributed by atoms with Gasteiger partial charge in [-0.2, -0.15) is 13.2 Å². The third-order valence-electron chi connectivity index (χ3n) is 4.48. The Balaban J connectivity index is 1.73. The van der Waals surface area contributed by atoms with E-state index >= 15 is 0 Å². The fourth-order valence-corrected chi connectivity index (χ4v) is 3.14. The molecule has 0 radical (unpaired) electrons. The van der Waals surface area contributed by atoms with Gasteiger partial charge in [0.1, 0.15) is 0 Å². The van der Waals surface area contributed by atoms with E-state index in [2.05, 4.69) is 15.5 Å². The number of carbonyl (C=O) groups is 1. The molecule has 0 aliphatic heterocycles. The summed E-state index contributed by atoms with van der Waals surface area (Å²) in [5, 5.41) is 6.29. The Morgan fingerprint density at radius 2 is 2.07 bits per heavy atom. The zero-order valence-electron chi connectivity index (χ0n) is 15.2. The molecule has 1 fully saturated rings. The number of hydrogen-bond acceptors (Lipinski definition) is 6. The average molecular weight is 399 g/mol. The molecule has 0 unspecified atom stereocenters. The maximum Gasteiger partial charge on any atom is 0.422 e. The van der Waals surface area contributed by atoms with Gasteiger partial charge in [0, 0.05) is 17.8 Å². The van der Waals surface area contributed by atoms with E-state index in [0.29, 0.717) is 17.2 Å². The van der Waals surface area contributed by atoms with E-state index in [1.165, 1.54) is 19.4 Å². The lowest BCUT2D eigenvalue weighted by atomic mass is 9.97. The summed E-state index contributed by atoms with van der Waals surface area (Å²) in [4.78, 5) is 16.4. The van der Waals surface area contributed by atoms with Gasteiger partial charge in [0.2, 0.25) is 5.88 Å². The maximum atomic E-state index is 12.5. The first-order chi connectivity index (χ1) is 13.4. The first kappa shape index (κ1) is 20.0. The Kier molecular flexibility index (Phi) is 6.05. The molecule has 1 saturated carbocycles. The third-order valence-corrected chi connectivity index (χ3v) is 4.48. The summed E-state index contributed by atoms with van der Waals surface area (Å²) in [5.74, 6) is 0.229. The number of halogens is 3. The summed E-state index contributed by atoms with van der Waals surface area (Å²) in [6.45, 7) is -1.33. The second kappa shape index (κ2) is 8.49. The van der Waals surface area contributed by atoms with Crippen molar-refractivity contribution in [2.75, 3.05) is 13.7 Å². The Labute approximate surface area is 159 Å². The van der Waals surface area contributed by atoms with Gasteiger partial charge in [-0.1, -0.05) is 12.8 Å². The Bertz CT molecular complexity index is 817. The van der Waals surface area contributed by atoms with Crippen molar-refractivity contribution in [3.8, 4) is 11.8 Å². The monoisotopic (exact) mass is 399 g/mol. The minimum absolute atomic E-state index is 0.0296. The molecule has 1 amide bonds. The second-order valence-electron chi connectivity index (χ2n) is 6.52. The Morgan fingerprint density at radius 3 is 2.71 bits per heavy atom. The van der Waals surface area contributed by atoms with Gasteiger partial charge in [-0.05, 0) is 30.0 Å². The van der Waals surface area contributed by atoms with Crippen LogP contribution < -0.4 is 14.8 Å². The number of methoxy groups -OCH3 is 1. The van der Waals surface area contributed by atoms with Crippen LogP contribution in [-0.2, 0) is 6.54 Å². The Morgan fingerprint density at radius 1 is 1.32 bits per heavy atom. The molecule has 2 aromatic heterocycles. The smallest absolute Gasteiger partial charge is 0.422 e. The molecule has 0 spiro atoms. The number of rotatable bonds is 7. The van der Waals surface area contributed by atoms with Crippen molar-refractivity contribution in [2.24, 2.45) is 0 Å². The number of pyridine rings is 1. The molecule has 1 N–H and O–H groups in total. The summed E-state index contributed by atoms with van der Waals surface area (Å²) < 4.78 is 52.3. The number of carbonyl (C=O) groups excluding carboxylic acids is 1. The average Bonchev–Trinajstić information content (AvgIpc) is 3.35. The van der Waals surface area contributed by atoms with Gasteiger partial charge in [0.05, 0.1) is 19.2 Å². The lowest BCUT2D eigenvalue weighted by Gasteiger charge is -2.17. The van der Waals surface area contributed by atoms with Crippen molar-refractivity contribution in [3.63, 3.8) is 0 Å². The molecule has 0 bridgehead atoms. The van der Waals surface area contributed by atoms with Gasteiger partial charge in [0.25, 0.3) is 11.8 Å². The molecule has 28 heavy (non-hydrogen) atoms. The zero-order valence-corrected chi connectivity index (χ0v) is 15.2. The molecule has 10 heteroatoms. The van der Waals surface area contributed by atoms with Gasteiger partial charge < -0.3 is 19.3 Å². The van der Waals surface area contributed by atoms with Crippen LogP contribution in [0, 0.1) is 0 Å². The lowest BCUT2D eigenvalue weighted by Crippen LogP contribution is -2.24. The lowest BCUT2D eigenvalue weighted by molar-refractivity contribution is -0.154. The van der Waals surface area contributed by atoms with Crippen molar-refractivity contribution in [1.29, 1.82) is 0 Å². The topological polar surface area (TPSA) is 86.5 Å². The summed E-state index contributed by atoms with van der Waals surface area (Å²) >= 11 is 0. The molecule has 7 nitrogen and oxygen atoms in total. The number of hydrogen-bond donors (Lipinski definition) is 1. The van der Waals surface area contributed by atoms with Crippen LogP contribution in [0.2, 0.25) is 0 Å². The highest BCUT2D eigenvalue weighted by atomic mass is 19.4. The number of nitrogens with zero attached hydrogens (tertiary/aromatic N) is 2. The number of aromatic nitrogens is 2. The second-order valence-corrected chi connectivity index (χ2v) is 6.52. The maximum absolute atomic E-state index is 12.5. The molecule has 1 aliphatic rings. The Hall–Kier alpha value is -2.78. The van der Waals surface area contributed by atoms with E-state index in [0.717, 1.165) is 25.7 Å². The largest absolute Gasteiger partial charge is 0.479 e. The zero-order chi connectivity index (χ0) is 20.1. The van der Waals surface area contributed by atoms with Crippen molar-refractivity contribution in [2.45, 2.75) is 44.3 Å². The van der Waals surface area contributed by atoms with Crippen LogP contribution in [0.1, 0.15) is 53.3 Å². The first-order valence-electron chi connectivity index (χ1n) is 8.83. The van der Waals surface area contributed by atoms with Gasteiger partial charge in [-0.3, -0.25) is 4.79 Å². The standard InChI is InChI=1S/C18H20F3N3O4/c1-26-15-7-13(28-24-15)9-22-16(25)12-6-14(11-4-2-3-5-11)17(23-8-12)27-10-18(19,20)21/h6-8,11H,2-5,9-10H2,1H3,(H,22,25). The molecule has 0 aromatic carbocycles. The number of amides is 1. The molecular weight excluding hydrogens is 379 g/mol. The first-order valence-corrected chi connectivity index (χ1v) is 8.83. The van der Waals surface area contributed by atoms with Crippen molar-refractivity contribution in [3.05, 3.63) is 35.2 Å². The van der Waals surface area contributed by atoms with E-state index in [9.17, 15) is 18.0 Å². The molecule has 152 valence electrons. The predicted octanol–water partition coefficient (Wildman–Crippen LogP) is 3.61. The van der Waals surface area contributed by atoms with Gasteiger partial charge in [0.15, 0.2) is 12.4 Å². The van der Waals surface area contributed by atoms with Gasteiger partial charge >= 0.3 is 6.18 Å². The van der Waals surface area contributed by atoms with Crippen molar-refractivity contribution in [1.82, 2.24) is 15.5 Å². The van der Waals surface area contributed by atoms with Crippen molar-refractivity contribution >= 4 is 5.91 Å². The van der Waals surface area contributed by atoms with E-state index in [1.54, 1.807) is 6.07 Å². The van der Waals surface area contributed by atoms with Crippen LogP contribution in [0.15, 0.2) is 22.9 Å². The quantitative estimate of drug-likeness (QED) is 0.766. The molecule has 0 saturated heterocycles. The molecule has 2 aromatic rings. The van der Waals surface area contributed by atoms with E-state index in [-0.39, 0.29) is 23.9 Å². The van der Waals surface area contributed by atoms with Crippen LogP contribution in [0.3, 0.4) is 0 Å². The SMILES string of the molecule is COc1cc(CNC(=O)c2cnc(OCC(F)(F)F)c(C3CCCC3)c2)on1. The van der Waals surface area contributed by atoms with Crippen LogP contribution in [0.25, 0.3) is 0 Å². The molecular formula is C18H20F3N3O4. The number of ether oxygens (including phenoxy) is 2. The van der Waals surface area contributed by atoms with Gasteiger partial charge in [-0.25, -0.2) is 4.98 Å². The van der Waals surface area contributed by atoms with E-state index in [4.69, 9.17) is 14.0 Å². The minimum atomic E-state index is -4.46. The fourth-order valence-electron chi connectivity index (χ4n) is 3.14. The summed E-state index contributed by atoms with van der Waals surface area (Å²) in [7, 11) is 1.44. The van der Waals surface area contributed by atoms with Crippen LogP contribution >= 0.6 is 0 Å². The highest BCUT2D eigenvalue weighted by Crippen LogP contribution is 2.38. The molecule has 3 rings (SSSR count). The normalized spacial score (nSPS) is 14.9. The molecule has 2 heterocycles. The predicted molar refractivity (Wildman–Crippen MR) is 91.2 cm³/mol. The fraction of sp³-hybridized carbons (Fsp3) is 0.500. The molecule has 0 atom stereocenters. The number of alkyl halides is 3. The van der Waals surface area contributed by atoms with Crippen LogP contribution in [-0.4, -0.2) is 35.9 Å². The summed E-state index contributed by atoms with van der Waals surface area (Å²) in [6.07, 6.45) is 0.365. The van der Waals surface area contributed by atoms with Crippen LogP contribution in [0.4, 0.5) is 13.2 Å². The van der Waals surface area contributed by atoms with E-state index < -0.39 is 18.7 Å². The van der Waals surface area contributed by atoms with E-state index in [1.807, 2.05) is 0 Å². The number of nitrogens with one attached hydrogen (secondary N) is 1. The van der Waals surface area contributed by atoms with Crippen molar-refractivity contribution < 1.29 is 32.0 Å².